The molecule has 0 aliphatic rings. The molecule has 0 aliphatic heterocycles. The average molecular weight is 451 g/mol. The first-order valence-corrected chi connectivity index (χ1v) is 11.0. The number of methoxy groups -OCH3 is 1. The van der Waals surface area contributed by atoms with Gasteiger partial charge in [-0.15, -0.1) is 0 Å². The molecule has 0 atom stereocenters. The largest absolute Gasteiger partial charge is 0.494 e. The predicted octanol–water partition coefficient (Wildman–Crippen LogP) is 5.28. The van der Waals surface area contributed by atoms with Crippen molar-refractivity contribution in [1.29, 1.82) is 0 Å². The second-order valence-corrected chi connectivity index (χ2v) is 9.46. The van der Waals surface area contributed by atoms with Gasteiger partial charge in [0.25, 0.3) is 0 Å². The van der Waals surface area contributed by atoms with Crippen molar-refractivity contribution in [2.75, 3.05) is 7.11 Å². The lowest BCUT2D eigenvalue weighted by Gasteiger charge is -2.27. The molecule has 0 spiro atoms. The minimum atomic E-state index is -3.88. The van der Waals surface area contributed by atoms with Gasteiger partial charge in [-0.3, -0.25) is 4.98 Å². The van der Waals surface area contributed by atoms with Crippen LogP contribution in [0.15, 0.2) is 65.8 Å². The van der Waals surface area contributed by atoms with E-state index in [4.69, 9.17) is 27.9 Å². The van der Waals surface area contributed by atoms with Gasteiger partial charge in [0, 0.05) is 16.8 Å². The third-order valence-corrected chi connectivity index (χ3v) is 6.85. The minimum Gasteiger partial charge on any atom is -0.494 e. The van der Waals surface area contributed by atoms with E-state index in [9.17, 15) is 8.42 Å². The molecule has 0 bridgehead atoms. The molecule has 29 heavy (non-hydrogen) atoms. The van der Waals surface area contributed by atoms with Crippen molar-refractivity contribution in [3.05, 3.63) is 76.5 Å². The Labute approximate surface area is 180 Å². The van der Waals surface area contributed by atoms with Crippen LogP contribution in [0.5, 0.6) is 5.75 Å². The molecule has 0 saturated carbocycles. The number of sulfonamides is 1. The highest BCUT2D eigenvalue weighted by Gasteiger charge is 2.29. The Morgan fingerprint density at radius 3 is 2.52 bits per heavy atom. The fraction of sp³-hybridized carbons (Fsp3) is 0.190. The number of hydrogen-bond donors (Lipinski definition) is 1. The van der Waals surface area contributed by atoms with Crippen LogP contribution in [0.1, 0.15) is 19.4 Å². The summed E-state index contributed by atoms with van der Waals surface area (Å²) in [5.41, 5.74) is 1.63. The molecule has 1 heterocycles. The van der Waals surface area contributed by atoms with E-state index >= 15 is 0 Å². The van der Waals surface area contributed by atoms with E-state index in [0.717, 1.165) is 16.7 Å². The standard InChI is InChI=1S/C21H20Cl2N2O3S/c1-21(2,25-29(26,27)20-8-7-16(22)12-18(20)23)15-6-4-5-14(11-15)17-9-10-24-13-19(17)28-3/h4-13,25H,1-3H3. The Morgan fingerprint density at radius 2 is 1.83 bits per heavy atom. The predicted molar refractivity (Wildman–Crippen MR) is 116 cm³/mol. The first-order chi connectivity index (χ1) is 13.6. The Bertz CT molecular complexity index is 1150. The third kappa shape index (κ3) is 4.73. The number of rotatable bonds is 6. The van der Waals surface area contributed by atoms with Crippen LogP contribution in [-0.2, 0) is 15.6 Å². The van der Waals surface area contributed by atoms with Gasteiger partial charge in [0.05, 0.1) is 23.9 Å². The molecule has 1 aromatic heterocycles. The van der Waals surface area contributed by atoms with Gasteiger partial charge < -0.3 is 4.74 Å². The number of nitrogens with zero attached hydrogens (tertiary/aromatic N) is 1. The number of pyridine rings is 1. The van der Waals surface area contributed by atoms with Crippen LogP contribution in [-0.4, -0.2) is 20.5 Å². The molecule has 8 heteroatoms. The van der Waals surface area contributed by atoms with Crippen LogP contribution in [0, 0.1) is 0 Å². The Hall–Kier alpha value is -2.12. The average Bonchev–Trinajstić information content (AvgIpc) is 2.67. The Balaban J connectivity index is 1.97. The number of benzene rings is 2. The van der Waals surface area contributed by atoms with Gasteiger partial charge in [0.1, 0.15) is 10.6 Å². The molecule has 3 aromatic rings. The molecular weight excluding hydrogens is 431 g/mol. The fourth-order valence-corrected chi connectivity index (χ4v) is 5.18. The highest BCUT2D eigenvalue weighted by Crippen LogP contribution is 2.33. The minimum absolute atomic E-state index is 0.0244. The number of aromatic nitrogens is 1. The summed E-state index contributed by atoms with van der Waals surface area (Å²) in [6.07, 6.45) is 3.32. The van der Waals surface area contributed by atoms with Gasteiger partial charge in [-0.25, -0.2) is 13.1 Å². The molecule has 3 rings (SSSR count). The molecular formula is C21H20Cl2N2O3S. The molecule has 0 unspecified atom stereocenters. The monoisotopic (exact) mass is 450 g/mol. The SMILES string of the molecule is COc1cnccc1-c1cccc(C(C)(C)NS(=O)(=O)c2ccc(Cl)cc2Cl)c1. The maximum absolute atomic E-state index is 12.9. The maximum atomic E-state index is 12.9. The van der Waals surface area contributed by atoms with Crippen molar-refractivity contribution in [3.8, 4) is 16.9 Å². The topological polar surface area (TPSA) is 68.3 Å². The van der Waals surface area contributed by atoms with E-state index in [1.807, 2.05) is 30.3 Å². The second kappa shape index (κ2) is 8.32. The number of hydrogen-bond acceptors (Lipinski definition) is 4. The van der Waals surface area contributed by atoms with Crippen molar-refractivity contribution >= 4 is 33.2 Å². The lowest BCUT2D eigenvalue weighted by Crippen LogP contribution is -2.41. The highest BCUT2D eigenvalue weighted by atomic mass is 35.5. The summed E-state index contributed by atoms with van der Waals surface area (Å²) in [5.74, 6) is 0.635. The smallest absolute Gasteiger partial charge is 0.242 e. The normalized spacial score (nSPS) is 12.0. The van der Waals surface area contributed by atoms with E-state index in [2.05, 4.69) is 9.71 Å². The van der Waals surface area contributed by atoms with Gasteiger partial charge in [-0.05, 0) is 55.3 Å². The van der Waals surface area contributed by atoms with Crippen molar-refractivity contribution in [1.82, 2.24) is 9.71 Å². The molecule has 1 N–H and O–H groups in total. The molecule has 152 valence electrons. The molecule has 5 nitrogen and oxygen atoms in total. The highest BCUT2D eigenvalue weighted by molar-refractivity contribution is 7.89. The maximum Gasteiger partial charge on any atom is 0.242 e. The Morgan fingerprint density at radius 1 is 1.07 bits per heavy atom. The van der Waals surface area contributed by atoms with Crippen molar-refractivity contribution < 1.29 is 13.2 Å². The second-order valence-electron chi connectivity index (χ2n) is 6.96. The van der Waals surface area contributed by atoms with Crippen LogP contribution in [0.3, 0.4) is 0 Å². The van der Waals surface area contributed by atoms with E-state index in [1.54, 1.807) is 33.4 Å². The van der Waals surface area contributed by atoms with E-state index in [0.29, 0.717) is 10.8 Å². The zero-order chi connectivity index (χ0) is 21.2. The zero-order valence-corrected chi connectivity index (χ0v) is 18.4. The van der Waals surface area contributed by atoms with Gasteiger partial charge in [-0.1, -0.05) is 41.4 Å². The Kier molecular flexibility index (Phi) is 6.19. The quantitative estimate of drug-likeness (QED) is 0.554. The summed E-state index contributed by atoms with van der Waals surface area (Å²) in [6.45, 7) is 3.58. The van der Waals surface area contributed by atoms with Crippen molar-refractivity contribution in [3.63, 3.8) is 0 Å². The zero-order valence-electron chi connectivity index (χ0n) is 16.1. The summed E-state index contributed by atoms with van der Waals surface area (Å²) < 4.78 is 34.0. The lowest BCUT2D eigenvalue weighted by atomic mass is 9.92. The van der Waals surface area contributed by atoms with Gasteiger partial charge in [-0.2, -0.15) is 0 Å². The summed E-state index contributed by atoms with van der Waals surface area (Å²) >= 11 is 12.0. The molecule has 2 aromatic carbocycles. The first kappa shape index (κ1) is 21.6. The summed E-state index contributed by atoms with van der Waals surface area (Å²) in [7, 11) is -2.30. The van der Waals surface area contributed by atoms with E-state index < -0.39 is 15.6 Å². The number of halogens is 2. The van der Waals surface area contributed by atoms with Crippen LogP contribution in [0.25, 0.3) is 11.1 Å². The number of nitrogens with one attached hydrogen (secondary N) is 1. The van der Waals surface area contributed by atoms with Gasteiger partial charge >= 0.3 is 0 Å². The molecule has 0 aliphatic carbocycles. The van der Waals surface area contributed by atoms with Crippen LogP contribution < -0.4 is 9.46 Å². The summed E-state index contributed by atoms with van der Waals surface area (Å²) in [6, 6.07) is 13.7. The van der Waals surface area contributed by atoms with Crippen LogP contribution >= 0.6 is 23.2 Å². The fourth-order valence-electron chi connectivity index (χ4n) is 3.00. The van der Waals surface area contributed by atoms with Crippen LogP contribution in [0.4, 0.5) is 0 Å². The van der Waals surface area contributed by atoms with Gasteiger partial charge in [0.2, 0.25) is 10.0 Å². The summed E-state index contributed by atoms with van der Waals surface area (Å²) in [4.78, 5) is 4.05. The number of ether oxygens (including phenoxy) is 1. The molecule has 0 fully saturated rings. The first-order valence-electron chi connectivity index (χ1n) is 8.72. The van der Waals surface area contributed by atoms with Crippen molar-refractivity contribution in [2.45, 2.75) is 24.3 Å². The third-order valence-electron chi connectivity index (χ3n) is 4.47. The van der Waals surface area contributed by atoms with E-state index in [-0.39, 0.29) is 9.92 Å². The molecule has 0 saturated heterocycles. The van der Waals surface area contributed by atoms with Crippen molar-refractivity contribution in [2.24, 2.45) is 0 Å². The van der Waals surface area contributed by atoms with Crippen LogP contribution in [0.2, 0.25) is 10.0 Å². The molecule has 0 radical (unpaired) electrons. The van der Waals surface area contributed by atoms with E-state index in [1.165, 1.54) is 18.2 Å². The summed E-state index contributed by atoms with van der Waals surface area (Å²) in [5, 5.41) is 0.434. The van der Waals surface area contributed by atoms with Gasteiger partial charge in [0.15, 0.2) is 0 Å². The molecule has 0 amide bonds. The lowest BCUT2D eigenvalue weighted by molar-refractivity contribution is 0.414.